The van der Waals surface area contributed by atoms with Crippen LogP contribution in [0.25, 0.3) is 0 Å². The molecule has 2 aliphatic rings. The molecule has 0 aromatic heterocycles. The van der Waals surface area contributed by atoms with Crippen molar-refractivity contribution in [3.8, 4) is 0 Å². The topological polar surface area (TPSA) is 149 Å². The van der Waals surface area contributed by atoms with Gasteiger partial charge < -0.3 is 20.4 Å². The minimum Gasteiger partial charge on any atom is -0.481 e. The maximum absolute atomic E-state index is 10.5. The normalized spacial score (nSPS) is 29.7. The summed E-state index contributed by atoms with van der Waals surface area (Å²) in [5.41, 5.74) is 0. The van der Waals surface area contributed by atoms with E-state index in [0.717, 1.165) is 0 Å². The fraction of sp³-hybridized carbons (Fsp3) is 0.750. The molecule has 8 nitrogen and oxygen atoms in total. The molecule has 24 heavy (non-hydrogen) atoms. The lowest BCUT2D eigenvalue weighted by atomic mass is 9.81. The first-order chi connectivity index (χ1) is 11.2. The van der Waals surface area contributed by atoms with Crippen LogP contribution in [0.3, 0.4) is 0 Å². The fourth-order valence-corrected chi connectivity index (χ4v) is 3.28. The van der Waals surface area contributed by atoms with Crippen LogP contribution in [-0.4, -0.2) is 44.3 Å². The van der Waals surface area contributed by atoms with Crippen molar-refractivity contribution >= 4 is 23.9 Å². The van der Waals surface area contributed by atoms with E-state index in [9.17, 15) is 19.2 Å². The van der Waals surface area contributed by atoms with Gasteiger partial charge in [-0.25, -0.2) is 0 Å². The van der Waals surface area contributed by atoms with E-state index >= 15 is 0 Å². The fourth-order valence-electron chi connectivity index (χ4n) is 3.28. The number of aliphatic carboxylic acids is 4. The molecule has 136 valence electrons. The van der Waals surface area contributed by atoms with Crippen molar-refractivity contribution < 1.29 is 39.6 Å². The molecule has 4 N–H and O–H groups in total. The molecular formula is C16H24O8. The molecule has 0 amide bonds. The quantitative estimate of drug-likeness (QED) is 0.604. The Kier molecular flexibility index (Phi) is 7.67. The van der Waals surface area contributed by atoms with Crippen LogP contribution in [0.1, 0.15) is 51.4 Å². The highest BCUT2D eigenvalue weighted by Gasteiger charge is 2.31. The molecule has 4 unspecified atom stereocenters. The van der Waals surface area contributed by atoms with Gasteiger partial charge in [-0.3, -0.25) is 19.2 Å². The van der Waals surface area contributed by atoms with Gasteiger partial charge in [0.25, 0.3) is 0 Å². The van der Waals surface area contributed by atoms with Crippen molar-refractivity contribution in [1.29, 1.82) is 0 Å². The maximum Gasteiger partial charge on any atom is 0.306 e. The Hall–Kier alpha value is -2.12. The Balaban J connectivity index is 0.000000240. The van der Waals surface area contributed by atoms with Crippen molar-refractivity contribution in [1.82, 2.24) is 0 Å². The molecule has 2 fully saturated rings. The first-order valence-corrected chi connectivity index (χ1v) is 8.13. The first-order valence-electron chi connectivity index (χ1n) is 8.13. The van der Waals surface area contributed by atoms with Crippen molar-refractivity contribution in [3.05, 3.63) is 0 Å². The first kappa shape index (κ1) is 19.9. The van der Waals surface area contributed by atoms with E-state index in [1.807, 2.05) is 0 Å². The lowest BCUT2D eigenvalue weighted by Gasteiger charge is -2.23. The average molecular weight is 344 g/mol. The van der Waals surface area contributed by atoms with Gasteiger partial charge in [0.2, 0.25) is 0 Å². The molecule has 8 heteroatoms. The van der Waals surface area contributed by atoms with Crippen molar-refractivity contribution in [3.63, 3.8) is 0 Å². The molecule has 0 aliphatic heterocycles. The van der Waals surface area contributed by atoms with Gasteiger partial charge >= 0.3 is 23.9 Å². The number of rotatable bonds is 4. The zero-order chi connectivity index (χ0) is 18.3. The lowest BCUT2D eigenvalue weighted by molar-refractivity contribution is -0.149. The molecule has 4 atom stereocenters. The smallest absolute Gasteiger partial charge is 0.306 e. The van der Waals surface area contributed by atoms with E-state index in [-0.39, 0.29) is 0 Å². The zero-order valence-corrected chi connectivity index (χ0v) is 13.4. The predicted molar refractivity (Wildman–Crippen MR) is 81.4 cm³/mol. The monoisotopic (exact) mass is 344 g/mol. The van der Waals surface area contributed by atoms with Gasteiger partial charge in [0, 0.05) is 0 Å². The van der Waals surface area contributed by atoms with Crippen molar-refractivity contribution in [2.75, 3.05) is 0 Å². The lowest BCUT2D eigenvalue weighted by Crippen LogP contribution is -2.26. The van der Waals surface area contributed by atoms with E-state index in [1.165, 1.54) is 0 Å². The number of carbonyl (C=O) groups is 4. The third-order valence-electron chi connectivity index (χ3n) is 4.75. The van der Waals surface area contributed by atoms with E-state index in [0.29, 0.717) is 51.4 Å². The number of carboxylic acids is 4. The summed E-state index contributed by atoms with van der Waals surface area (Å²) < 4.78 is 0. The minimum absolute atomic E-state index is 0.296. The Bertz CT molecular complexity index is 402. The van der Waals surface area contributed by atoms with Crippen LogP contribution in [0.15, 0.2) is 0 Å². The Labute approximate surface area is 139 Å². The molecule has 0 radical (unpaired) electrons. The van der Waals surface area contributed by atoms with Gasteiger partial charge in [-0.05, 0) is 38.5 Å². The number of hydrogen-bond donors (Lipinski definition) is 4. The van der Waals surface area contributed by atoms with Crippen LogP contribution >= 0.6 is 0 Å². The summed E-state index contributed by atoms with van der Waals surface area (Å²) in [5.74, 6) is -5.22. The molecule has 0 saturated heterocycles. The third-order valence-corrected chi connectivity index (χ3v) is 4.75. The summed E-state index contributed by atoms with van der Waals surface area (Å²) >= 11 is 0. The SMILES string of the molecule is O=C(O)C1CCCC(C(=O)O)C1.O=C(O)C1CCCC(C(=O)O)C1. The molecule has 2 aliphatic carbocycles. The van der Waals surface area contributed by atoms with Crippen LogP contribution in [0.5, 0.6) is 0 Å². The molecule has 2 rings (SSSR count). The van der Waals surface area contributed by atoms with E-state index < -0.39 is 47.5 Å². The van der Waals surface area contributed by atoms with Gasteiger partial charge in [0.1, 0.15) is 0 Å². The van der Waals surface area contributed by atoms with E-state index in [1.54, 1.807) is 0 Å². The summed E-state index contributed by atoms with van der Waals surface area (Å²) in [6.45, 7) is 0. The van der Waals surface area contributed by atoms with Gasteiger partial charge in [-0.1, -0.05) is 12.8 Å². The van der Waals surface area contributed by atoms with Crippen LogP contribution in [0, 0.1) is 23.7 Å². The van der Waals surface area contributed by atoms with Crippen molar-refractivity contribution in [2.45, 2.75) is 51.4 Å². The second kappa shape index (κ2) is 9.24. The molecule has 2 saturated carbocycles. The molecule has 0 spiro atoms. The summed E-state index contributed by atoms with van der Waals surface area (Å²) in [7, 11) is 0. The highest BCUT2D eigenvalue weighted by Crippen LogP contribution is 2.29. The summed E-state index contributed by atoms with van der Waals surface area (Å²) in [6.07, 6.45) is 4.52. The minimum atomic E-state index is -0.860. The Morgan fingerprint density at radius 2 is 0.708 bits per heavy atom. The summed E-state index contributed by atoms with van der Waals surface area (Å²) in [4.78, 5) is 42.1. The van der Waals surface area contributed by atoms with Crippen LogP contribution in [-0.2, 0) is 19.2 Å². The molecule has 0 aromatic rings. The van der Waals surface area contributed by atoms with Gasteiger partial charge in [-0.2, -0.15) is 0 Å². The summed E-state index contributed by atoms with van der Waals surface area (Å²) in [5, 5.41) is 34.6. The Morgan fingerprint density at radius 3 is 0.875 bits per heavy atom. The molecular weight excluding hydrogens is 320 g/mol. The molecule has 0 bridgehead atoms. The van der Waals surface area contributed by atoms with Gasteiger partial charge in [0.15, 0.2) is 0 Å². The average Bonchev–Trinajstić information content (AvgIpc) is 2.55. The number of carboxylic acid groups (broad SMARTS) is 4. The van der Waals surface area contributed by atoms with Gasteiger partial charge in [0.05, 0.1) is 23.7 Å². The second-order valence-electron chi connectivity index (χ2n) is 6.47. The van der Waals surface area contributed by atoms with Crippen LogP contribution in [0.2, 0.25) is 0 Å². The van der Waals surface area contributed by atoms with E-state index in [2.05, 4.69) is 0 Å². The molecule has 0 heterocycles. The highest BCUT2D eigenvalue weighted by atomic mass is 16.4. The largest absolute Gasteiger partial charge is 0.481 e. The Morgan fingerprint density at radius 1 is 0.500 bits per heavy atom. The van der Waals surface area contributed by atoms with Gasteiger partial charge in [-0.15, -0.1) is 0 Å². The third kappa shape index (κ3) is 6.17. The van der Waals surface area contributed by atoms with Crippen LogP contribution in [0.4, 0.5) is 0 Å². The summed E-state index contributed by atoms with van der Waals surface area (Å²) in [6, 6.07) is 0. The van der Waals surface area contributed by atoms with Crippen molar-refractivity contribution in [2.24, 2.45) is 23.7 Å². The van der Waals surface area contributed by atoms with Crippen LogP contribution < -0.4 is 0 Å². The van der Waals surface area contributed by atoms with E-state index in [4.69, 9.17) is 20.4 Å². The number of hydrogen-bond acceptors (Lipinski definition) is 4. The highest BCUT2D eigenvalue weighted by molar-refractivity contribution is 5.74. The zero-order valence-electron chi connectivity index (χ0n) is 13.4. The predicted octanol–water partition coefficient (Wildman–Crippen LogP) is 1.92. The second-order valence-corrected chi connectivity index (χ2v) is 6.47. The maximum atomic E-state index is 10.5. The molecule has 0 aromatic carbocycles. The standard InChI is InChI=1S/2C8H12O4/c2*9-7(10)5-2-1-3-6(4-5)8(11)12/h2*5-6H,1-4H2,(H,9,10)(H,11,12).